The van der Waals surface area contributed by atoms with E-state index in [9.17, 15) is 14.7 Å². The number of carbonyl (C=O) groups excluding carboxylic acids is 2. The Hall–Kier alpha value is -1.56. The van der Waals surface area contributed by atoms with Crippen molar-refractivity contribution in [1.82, 2.24) is 4.90 Å². The van der Waals surface area contributed by atoms with Crippen molar-refractivity contribution in [3.8, 4) is 5.75 Å². The van der Waals surface area contributed by atoms with Gasteiger partial charge in [0.25, 0.3) is 0 Å². The van der Waals surface area contributed by atoms with E-state index < -0.39 is 0 Å². The lowest BCUT2D eigenvalue weighted by Gasteiger charge is -2.14. The molecule has 1 unspecified atom stereocenters. The van der Waals surface area contributed by atoms with Gasteiger partial charge < -0.3 is 15.3 Å². The fraction of sp³-hybridized carbons (Fsp3) is 0.429. The molecular formula is C14H17BrN2O3. The van der Waals surface area contributed by atoms with E-state index >= 15 is 0 Å². The van der Waals surface area contributed by atoms with Crippen LogP contribution in [0, 0.1) is 12.8 Å². The van der Waals surface area contributed by atoms with E-state index in [0.717, 1.165) is 5.56 Å². The molecule has 1 aliphatic heterocycles. The molecule has 0 aromatic heterocycles. The van der Waals surface area contributed by atoms with Gasteiger partial charge in [-0.2, -0.15) is 0 Å². The third kappa shape index (κ3) is 2.95. The zero-order chi connectivity index (χ0) is 14.9. The highest BCUT2D eigenvalue weighted by Gasteiger charge is 2.33. The summed E-state index contributed by atoms with van der Waals surface area (Å²) in [6.45, 7) is 4.82. The number of benzene rings is 1. The number of carbonyl (C=O) groups is 2. The first-order valence-electron chi connectivity index (χ1n) is 6.50. The van der Waals surface area contributed by atoms with E-state index in [1.165, 1.54) is 0 Å². The molecular weight excluding hydrogens is 324 g/mol. The van der Waals surface area contributed by atoms with Gasteiger partial charge >= 0.3 is 0 Å². The molecule has 1 atom stereocenters. The highest BCUT2D eigenvalue weighted by atomic mass is 79.9. The average molecular weight is 341 g/mol. The molecule has 2 N–H and O–H groups in total. The molecule has 6 heteroatoms. The molecule has 0 radical (unpaired) electrons. The number of anilines is 1. The molecule has 1 aromatic rings. The van der Waals surface area contributed by atoms with Crippen molar-refractivity contribution in [1.29, 1.82) is 0 Å². The average Bonchev–Trinajstić information content (AvgIpc) is 2.76. The van der Waals surface area contributed by atoms with Crippen LogP contribution in [0.3, 0.4) is 0 Å². The highest BCUT2D eigenvalue weighted by molar-refractivity contribution is 9.10. The molecule has 108 valence electrons. The third-order valence-corrected chi connectivity index (χ3v) is 4.04. The van der Waals surface area contributed by atoms with Gasteiger partial charge in [-0.15, -0.1) is 0 Å². The van der Waals surface area contributed by atoms with E-state index in [-0.39, 0.29) is 29.9 Å². The Morgan fingerprint density at radius 2 is 2.25 bits per heavy atom. The van der Waals surface area contributed by atoms with E-state index in [1.54, 1.807) is 17.0 Å². The normalized spacial score (nSPS) is 18.4. The summed E-state index contributed by atoms with van der Waals surface area (Å²) < 4.78 is 0.533. The SMILES string of the molecule is CCN1CC(C(=O)Nc2cc(C)cc(Br)c2O)CC1=O. The summed E-state index contributed by atoms with van der Waals surface area (Å²) in [5.41, 5.74) is 1.28. The lowest BCUT2D eigenvalue weighted by Crippen LogP contribution is -2.28. The number of halogens is 1. The third-order valence-electron chi connectivity index (χ3n) is 3.43. The van der Waals surface area contributed by atoms with Gasteiger partial charge in [0.05, 0.1) is 16.1 Å². The van der Waals surface area contributed by atoms with Crippen molar-refractivity contribution in [2.24, 2.45) is 5.92 Å². The fourth-order valence-electron chi connectivity index (χ4n) is 2.32. The van der Waals surface area contributed by atoms with Gasteiger partial charge in [-0.1, -0.05) is 0 Å². The van der Waals surface area contributed by atoms with Crippen LogP contribution < -0.4 is 5.32 Å². The van der Waals surface area contributed by atoms with Crippen molar-refractivity contribution in [3.05, 3.63) is 22.2 Å². The van der Waals surface area contributed by atoms with Gasteiger partial charge in [0.1, 0.15) is 0 Å². The maximum absolute atomic E-state index is 12.2. The predicted octanol–water partition coefficient (Wildman–Crippen LogP) is 2.27. The van der Waals surface area contributed by atoms with Crippen LogP contribution in [-0.4, -0.2) is 34.9 Å². The lowest BCUT2D eigenvalue weighted by molar-refractivity contribution is -0.128. The monoisotopic (exact) mass is 340 g/mol. The van der Waals surface area contributed by atoms with Crippen LogP contribution in [-0.2, 0) is 9.59 Å². The Morgan fingerprint density at radius 3 is 2.85 bits per heavy atom. The minimum Gasteiger partial charge on any atom is -0.505 e. The van der Waals surface area contributed by atoms with E-state index in [2.05, 4.69) is 21.2 Å². The first kappa shape index (κ1) is 14.8. The van der Waals surface area contributed by atoms with Gasteiger partial charge in [-0.05, 0) is 47.5 Å². The zero-order valence-corrected chi connectivity index (χ0v) is 13.0. The molecule has 1 aromatic carbocycles. The van der Waals surface area contributed by atoms with Crippen LogP contribution in [0.25, 0.3) is 0 Å². The number of aryl methyl sites for hydroxylation is 1. The second-order valence-electron chi connectivity index (χ2n) is 4.97. The number of rotatable bonds is 3. The molecule has 1 saturated heterocycles. The summed E-state index contributed by atoms with van der Waals surface area (Å²) in [6, 6.07) is 3.47. The molecule has 0 bridgehead atoms. The van der Waals surface area contributed by atoms with Crippen molar-refractivity contribution >= 4 is 33.4 Å². The van der Waals surface area contributed by atoms with Crippen LogP contribution in [0.2, 0.25) is 0 Å². The molecule has 1 aliphatic rings. The predicted molar refractivity (Wildman–Crippen MR) is 79.5 cm³/mol. The summed E-state index contributed by atoms with van der Waals surface area (Å²) in [4.78, 5) is 25.5. The van der Waals surface area contributed by atoms with Gasteiger partial charge in [0, 0.05) is 19.5 Å². The van der Waals surface area contributed by atoms with Crippen LogP contribution in [0.1, 0.15) is 18.9 Å². The van der Waals surface area contributed by atoms with Crippen molar-refractivity contribution in [3.63, 3.8) is 0 Å². The summed E-state index contributed by atoms with van der Waals surface area (Å²) >= 11 is 3.24. The molecule has 5 nitrogen and oxygen atoms in total. The molecule has 1 heterocycles. The van der Waals surface area contributed by atoms with Crippen LogP contribution in [0.4, 0.5) is 5.69 Å². The number of aromatic hydroxyl groups is 1. The second-order valence-corrected chi connectivity index (χ2v) is 5.82. The van der Waals surface area contributed by atoms with E-state index in [0.29, 0.717) is 23.2 Å². The number of phenols is 1. The smallest absolute Gasteiger partial charge is 0.229 e. The number of amides is 2. The first-order valence-corrected chi connectivity index (χ1v) is 7.29. The molecule has 20 heavy (non-hydrogen) atoms. The zero-order valence-electron chi connectivity index (χ0n) is 11.4. The fourth-order valence-corrected chi connectivity index (χ4v) is 2.89. The van der Waals surface area contributed by atoms with E-state index in [1.807, 2.05) is 13.8 Å². The number of phenolic OH excluding ortho intramolecular Hbond substituents is 1. The minimum atomic E-state index is -0.360. The first-order chi connectivity index (χ1) is 9.42. The Morgan fingerprint density at radius 1 is 1.55 bits per heavy atom. The number of hydrogen-bond donors (Lipinski definition) is 2. The molecule has 0 saturated carbocycles. The second kappa shape index (κ2) is 5.83. The standard InChI is InChI=1S/C14H17BrN2O3/c1-3-17-7-9(6-12(17)18)14(20)16-11-5-8(2)4-10(15)13(11)19/h4-5,9,19H,3,6-7H2,1-2H3,(H,16,20). The van der Waals surface area contributed by atoms with Gasteiger partial charge in [0.15, 0.2) is 5.75 Å². The van der Waals surface area contributed by atoms with Gasteiger partial charge in [-0.3, -0.25) is 9.59 Å². The Labute approximate surface area is 126 Å². The molecule has 2 rings (SSSR count). The maximum Gasteiger partial charge on any atom is 0.229 e. The summed E-state index contributed by atoms with van der Waals surface area (Å²) in [5, 5.41) is 12.6. The van der Waals surface area contributed by atoms with Gasteiger partial charge in [-0.25, -0.2) is 0 Å². The number of nitrogens with zero attached hydrogens (tertiary/aromatic N) is 1. The van der Waals surface area contributed by atoms with Gasteiger partial charge in [0.2, 0.25) is 11.8 Å². The number of hydrogen-bond acceptors (Lipinski definition) is 3. The summed E-state index contributed by atoms with van der Waals surface area (Å²) in [6.07, 6.45) is 0.230. The molecule has 0 aliphatic carbocycles. The number of nitrogens with one attached hydrogen (secondary N) is 1. The Balaban J connectivity index is 2.11. The number of likely N-dealkylation sites (tertiary alicyclic amines) is 1. The highest BCUT2D eigenvalue weighted by Crippen LogP contribution is 2.34. The lowest BCUT2D eigenvalue weighted by atomic mass is 10.1. The van der Waals surface area contributed by atoms with Crippen molar-refractivity contribution in [2.45, 2.75) is 20.3 Å². The topological polar surface area (TPSA) is 69.6 Å². The quantitative estimate of drug-likeness (QED) is 0.829. The molecule has 0 spiro atoms. The van der Waals surface area contributed by atoms with Crippen LogP contribution in [0.5, 0.6) is 5.75 Å². The minimum absolute atomic E-state index is 0.000575. The van der Waals surface area contributed by atoms with E-state index in [4.69, 9.17) is 0 Å². The summed E-state index contributed by atoms with van der Waals surface area (Å²) in [5.74, 6) is -0.592. The molecule has 1 fully saturated rings. The van der Waals surface area contributed by atoms with Crippen LogP contribution in [0.15, 0.2) is 16.6 Å². The summed E-state index contributed by atoms with van der Waals surface area (Å²) in [7, 11) is 0. The Bertz CT molecular complexity index is 560. The Kier molecular flexibility index (Phi) is 4.32. The molecule has 2 amide bonds. The van der Waals surface area contributed by atoms with Crippen LogP contribution >= 0.6 is 15.9 Å². The van der Waals surface area contributed by atoms with Crippen molar-refractivity contribution in [2.75, 3.05) is 18.4 Å². The largest absolute Gasteiger partial charge is 0.505 e. The maximum atomic E-state index is 12.2. The van der Waals surface area contributed by atoms with Crippen molar-refractivity contribution < 1.29 is 14.7 Å².